The zero-order valence-corrected chi connectivity index (χ0v) is 13.3. The van der Waals surface area contributed by atoms with Gasteiger partial charge in [0, 0.05) is 37.8 Å². The second kappa shape index (κ2) is 8.72. The number of ether oxygens (including phenoxy) is 1. The van der Waals surface area contributed by atoms with Gasteiger partial charge in [0.15, 0.2) is 5.82 Å². The highest BCUT2D eigenvalue weighted by Gasteiger charge is 2.17. The Bertz CT molecular complexity index is 500. The summed E-state index contributed by atoms with van der Waals surface area (Å²) >= 11 is 0. The Hall–Kier alpha value is -1.64. The van der Waals surface area contributed by atoms with Gasteiger partial charge in [0.05, 0.1) is 13.2 Å². The molecule has 0 radical (unpaired) electrons. The van der Waals surface area contributed by atoms with Crippen molar-refractivity contribution in [2.75, 3.05) is 31.6 Å². The lowest BCUT2D eigenvalue weighted by molar-refractivity contribution is -0.136. The molecule has 2 amide bonds. The van der Waals surface area contributed by atoms with Crippen LogP contribution in [0.4, 0.5) is 5.82 Å². The number of hydrogen-bond donors (Lipinski definition) is 2. The number of nitrogens with two attached hydrogens (primary N) is 1. The maximum atomic E-state index is 12.1. The van der Waals surface area contributed by atoms with E-state index in [1.807, 2.05) is 0 Å². The maximum Gasteiger partial charge on any atom is 0.244 e. The molecule has 1 saturated heterocycles. The molecule has 3 N–H and O–H groups in total. The van der Waals surface area contributed by atoms with Gasteiger partial charge >= 0.3 is 0 Å². The van der Waals surface area contributed by atoms with Crippen molar-refractivity contribution in [2.45, 2.75) is 25.9 Å². The molecule has 9 heteroatoms. The number of anilines is 1. The van der Waals surface area contributed by atoms with Gasteiger partial charge in [-0.25, -0.2) is 0 Å². The average molecular weight is 332 g/mol. The summed E-state index contributed by atoms with van der Waals surface area (Å²) in [6.45, 7) is 4.28. The fourth-order valence-corrected chi connectivity index (χ4v) is 2.05. The second-order valence-electron chi connectivity index (χ2n) is 5.12. The van der Waals surface area contributed by atoms with Gasteiger partial charge in [0.1, 0.15) is 6.54 Å². The van der Waals surface area contributed by atoms with Crippen LogP contribution >= 0.6 is 12.4 Å². The van der Waals surface area contributed by atoms with Gasteiger partial charge in [-0.15, -0.1) is 12.4 Å². The number of aromatic nitrogens is 2. The number of rotatable bonds is 5. The normalized spacial score (nSPS) is 15.8. The number of hydrogen-bond acceptors (Lipinski definition) is 5. The number of carbonyl (C=O) groups is 2. The van der Waals surface area contributed by atoms with E-state index in [4.69, 9.17) is 10.5 Å². The lowest BCUT2D eigenvalue weighted by Gasteiger charge is -2.26. The Morgan fingerprint density at radius 1 is 1.45 bits per heavy atom. The Labute approximate surface area is 135 Å². The fraction of sp³-hybridized carbons (Fsp3) is 0.615. The molecular formula is C13H22ClN5O3. The van der Waals surface area contributed by atoms with E-state index in [0.717, 1.165) is 0 Å². The molecule has 2 rings (SSSR count). The largest absolute Gasteiger partial charge is 0.378 e. The Kier molecular flexibility index (Phi) is 7.30. The van der Waals surface area contributed by atoms with Crippen molar-refractivity contribution < 1.29 is 14.3 Å². The summed E-state index contributed by atoms with van der Waals surface area (Å²) in [6, 6.07) is 1.46. The molecule has 124 valence electrons. The van der Waals surface area contributed by atoms with Crippen molar-refractivity contribution >= 4 is 30.0 Å². The van der Waals surface area contributed by atoms with E-state index in [0.29, 0.717) is 32.1 Å². The number of nitrogens with zero attached hydrogens (tertiary/aromatic N) is 3. The van der Waals surface area contributed by atoms with Gasteiger partial charge in [0.2, 0.25) is 11.8 Å². The highest BCUT2D eigenvalue weighted by Crippen LogP contribution is 2.05. The number of carbonyl (C=O) groups excluding carboxylic acids is 2. The lowest BCUT2D eigenvalue weighted by Crippen LogP contribution is -2.42. The molecule has 1 fully saturated rings. The predicted molar refractivity (Wildman–Crippen MR) is 83.8 cm³/mol. The van der Waals surface area contributed by atoms with Gasteiger partial charge in [-0.3, -0.25) is 14.3 Å². The third-order valence-electron chi connectivity index (χ3n) is 3.08. The molecule has 1 aromatic heterocycles. The first-order chi connectivity index (χ1) is 10.0. The summed E-state index contributed by atoms with van der Waals surface area (Å²) in [5.41, 5.74) is 5.55. The monoisotopic (exact) mass is 331 g/mol. The molecule has 0 aromatic carbocycles. The zero-order chi connectivity index (χ0) is 15.2. The Morgan fingerprint density at radius 3 is 2.77 bits per heavy atom. The molecule has 2 heterocycles. The number of amides is 2. The van der Waals surface area contributed by atoms with E-state index in [9.17, 15) is 9.59 Å². The highest BCUT2D eigenvalue weighted by atomic mass is 35.5. The molecule has 0 saturated carbocycles. The van der Waals surface area contributed by atoms with E-state index in [1.54, 1.807) is 24.1 Å². The van der Waals surface area contributed by atoms with E-state index in [-0.39, 0.29) is 43.2 Å². The van der Waals surface area contributed by atoms with Crippen LogP contribution in [0.2, 0.25) is 0 Å². The summed E-state index contributed by atoms with van der Waals surface area (Å²) in [6.07, 6.45) is 1.90. The molecule has 1 aliphatic rings. The number of nitrogens with one attached hydrogen (secondary N) is 1. The van der Waals surface area contributed by atoms with Crippen molar-refractivity contribution in [2.24, 2.45) is 5.73 Å². The molecular weight excluding hydrogens is 310 g/mol. The van der Waals surface area contributed by atoms with Crippen LogP contribution in [0.3, 0.4) is 0 Å². The molecule has 0 aliphatic carbocycles. The van der Waals surface area contributed by atoms with Crippen LogP contribution in [0.25, 0.3) is 0 Å². The second-order valence-corrected chi connectivity index (χ2v) is 5.12. The quantitative estimate of drug-likeness (QED) is 0.780. The van der Waals surface area contributed by atoms with Crippen LogP contribution in [-0.2, 0) is 20.9 Å². The van der Waals surface area contributed by atoms with E-state index in [1.165, 1.54) is 4.68 Å². The third-order valence-corrected chi connectivity index (χ3v) is 3.08. The topological polar surface area (TPSA) is 102 Å². The molecule has 22 heavy (non-hydrogen) atoms. The number of halogens is 1. The summed E-state index contributed by atoms with van der Waals surface area (Å²) in [5, 5.41) is 6.81. The minimum Gasteiger partial charge on any atom is -0.378 e. The maximum absolute atomic E-state index is 12.1. The SMILES string of the molecule is CC(N)CC(=O)Nc1ccn(CC(=O)N2CCOCC2)n1.Cl. The first-order valence-corrected chi connectivity index (χ1v) is 6.99. The highest BCUT2D eigenvalue weighted by molar-refractivity contribution is 5.90. The molecule has 8 nitrogen and oxygen atoms in total. The van der Waals surface area contributed by atoms with Crippen molar-refractivity contribution in [1.82, 2.24) is 14.7 Å². The van der Waals surface area contributed by atoms with Crippen LogP contribution in [0, 0.1) is 0 Å². The minimum absolute atomic E-state index is 0. The van der Waals surface area contributed by atoms with Crippen molar-refractivity contribution in [3.05, 3.63) is 12.3 Å². The summed E-state index contributed by atoms with van der Waals surface area (Å²) < 4.78 is 6.72. The van der Waals surface area contributed by atoms with Crippen molar-refractivity contribution in [1.29, 1.82) is 0 Å². The van der Waals surface area contributed by atoms with Crippen LogP contribution in [0.5, 0.6) is 0 Å². The van der Waals surface area contributed by atoms with E-state index >= 15 is 0 Å². The summed E-state index contributed by atoms with van der Waals surface area (Å²) in [7, 11) is 0. The fourth-order valence-electron chi connectivity index (χ4n) is 2.05. The third kappa shape index (κ3) is 5.63. The van der Waals surface area contributed by atoms with Crippen LogP contribution < -0.4 is 11.1 Å². The zero-order valence-electron chi connectivity index (χ0n) is 12.5. The van der Waals surface area contributed by atoms with Gasteiger partial charge in [-0.2, -0.15) is 5.10 Å². The number of morpholine rings is 1. The van der Waals surface area contributed by atoms with E-state index in [2.05, 4.69) is 10.4 Å². The van der Waals surface area contributed by atoms with Crippen LogP contribution in [-0.4, -0.2) is 58.8 Å². The molecule has 1 aliphatic heterocycles. The van der Waals surface area contributed by atoms with Crippen molar-refractivity contribution in [3.8, 4) is 0 Å². The van der Waals surface area contributed by atoms with Crippen molar-refractivity contribution in [3.63, 3.8) is 0 Å². The standard InChI is InChI=1S/C13H21N5O3.ClH/c1-10(14)8-12(19)15-11-2-3-18(16-11)9-13(20)17-4-6-21-7-5-17;/h2-3,10H,4-9,14H2,1H3,(H,15,16,19);1H. The summed E-state index contributed by atoms with van der Waals surface area (Å²) in [4.78, 5) is 25.4. The van der Waals surface area contributed by atoms with Crippen LogP contribution in [0.15, 0.2) is 12.3 Å². The van der Waals surface area contributed by atoms with Crippen LogP contribution in [0.1, 0.15) is 13.3 Å². The minimum atomic E-state index is -0.199. The predicted octanol–water partition coefficient (Wildman–Crippen LogP) is -0.160. The smallest absolute Gasteiger partial charge is 0.244 e. The molecule has 1 atom stereocenters. The molecule has 0 bridgehead atoms. The van der Waals surface area contributed by atoms with E-state index < -0.39 is 0 Å². The van der Waals surface area contributed by atoms with Gasteiger partial charge < -0.3 is 20.7 Å². The van der Waals surface area contributed by atoms with Gasteiger partial charge in [-0.1, -0.05) is 0 Å². The Morgan fingerprint density at radius 2 is 2.14 bits per heavy atom. The first kappa shape index (κ1) is 18.4. The first-order valence-electron chi connectivity index (χ1n) is 6.99. The Balaban J connectivity index is 0.00000242. The average Bonchev–Trinajstić information content (AvgIpc) is 2.85. The lowest BCUT2D eigenvalue weighted by atomic mass is 10.2. The molecule has 1 aromatic rings. The molecule has 0 spiro atoms. The van der Waals surface area contributed by atoms with Gasteiger partial charge in [-0.05, 0) is 6.92 Å². The molecule has 1 unspecified atom stereocenters. The van der Waals surface area contributed by atoms with Gasteiger partial charge in [0.25, 0.3) is 0 Å². The summed E-state index contributed by atoms with van der Waals surface area (Å²) in [5.74, 6) is 0.236.